The Morgan fingerprint density at radius 2 is 2.00 bits per heavy atom. The maximum absolute atomic E-state index is 12.3. The molecule has 0 spiro atoms. The van der Waals surface area contributed by atoms with Crippen LogP contribution in [0.25, 0.3) is 0 Å². The SMILES string of the molecule is N#CC(O)C(O)c1cc(C(F)(F)F)ccn1. The molecule has 0 radical (unpaired) electrons. The third-order valence-electron chi connectivity index (χ3n) is 1.84. The summed E-state index contributed by atoms with van der Waals surface area (Å²) < 4.78 is 36.8. The first-order valence-electron chi connectivity index (χ1n) is 4.15. The van der Waals surface area contributed by atoms with Gasteiger partial charge in [-0.2, -0.15) is 18.4 Å². The first-order chi connectivity index (χ1) is 7.36. The van der Waals surface area contributed by atoms with E-state index in [4.69, 9.17) is 10.4 Å². The van der Waals surface area contributed by atoms with Gasteiger partial charge in [-0.1, -0.05) is 0 Å². The van der Waals surface area contributed by atoms with E-state index in [1.807, 2.05) is 0 Å². The Kier molecular flexibility index (Phi) is 3.47. The van der Waals surface area contributed by atoms with Crippen LogP contribution in [0.15, 0.2) is 18.3 Å². The van der Waals surface area contributed by atoms with Gasteiger partial charge in [0.25, 0.3) is 0 Å². The Bertz CT molecular complexity index is 414. The average molecular weight is 232 g/mol. The Balaban J connectivity index is 3.05. The lowest BCUT2D eigenvalue weighted by atomic mass is 10.1. The highest BCUT2D eigenvalue weighted by Gasteiger charge is 2.32. The minimum absolute atomic E-state index is 0.399. The molecule has 0 aliphatic carbocycles. The fourth-order valence-corrected chi connectivity index (χ4v) is 1.02. The Morgan fingerprint density at radius 1 is 1.38 bits per heavy atom. The second-order valence-electron chi connectivity index (χ2n) is 2.99. The lowest BCUT2D eigenvalue weighted by molar-refractivity contribution is -0.137. The molecule has 86 valence electrons. The monoisotopic (exact) mass is 232 g/mol. The Morgan fingerprint density at radius 3 is 2.50 bits per heavy atom. The average Bonchev–Trinajstić information content (AvgIpc) is 2.26. The van der Waals surface area contributed by atoms with Crippen molar-refractivity contribution >= 4 is 0 Å². The molecular formula is C9H7F3N2O2. The van der Waals surface area contributed by atoms with E-state index in [-0.39, 0.29) is 0 Å². The highest BCUT2D eigenvalue weighted by Crippen LogP contribution is 2.30. The maximum atomic E-state index is 12.3. The van der Waals surface area contributed by atoms with Crippen molar-refractivity contribution in [2.24, 2.45) is 0 Å². The van der Waals surface area contributed by atoms with Crippen molar-refractivity contribution < 1.29 is 23.4 Å². The van der Waals surface area contributed by atoms with Crippen molar-refractivity contribution in [3.63, 3.8) is 0 Å². The van der Waals surface area contributed by atoms with Gasteiger partial charge in [-0.15, -0.1) is 0 Å². The molecule has 2 N–H and O–H groups in total. The Labute approximate surface area is 88.6 Å². The molecule has 0 aromatic carbocycles. The van der Waals surface area contributed by atoms with E-state index in [2.05, 4.69) is 4.98 Å². The smallest absolute Gasteiger partial charge is 0.383 e. The predicted molar refractivity (Wildman–Crippen MR) is 45.8 cm³/mol. The van der Waals surface area contributed by atoms with Crippen molar-refractivity contribution in [1.82, 2.24) is 4.98 Å². The number of aromatic nitrogens is 1. The van der Waals surface area contributed by atoms with Gasteiger partial charge >= 0.3 is 6.18 Å². The summed E-state index contributed by atoms with van der Waals surface area (Å²) in [6.45, 7) is 0. The highest BCUT2D eigenvalue weighted by atomic mass is 19.4. The number of hydrogen-bond acceptors (Lipinski definition) is 4. The van der Waals surface area contributed by atoms with Gasteiger partial charge in [0.15, 0.2) is 6.10 Å². The zero-order valence-corrected chi connectivity index (χ0v) is 7.81. The molecule has 16 heavy (non-hydrogen) atoms. The van der Waals surface area contributed by atoms with Gasteiger partial charge in [0.1, 0.15) is 6.10 Å². The van der Waals surface area contributed by atoms with Crippen molar-refractivity contribution in [1.29, 1.82) is 5.26 Å². The van der Waals surface area contributed by atoms with Gasteiger partial charge in [0, 0.05) is 6.20 Å². The molecule has 0 fully saturated rings. The standard InChI is InChI=1S/C9H7F3N2O2/c10-9(11,12)5-1-2-14-6(3-5)8(16)7(15)4-13/h1-3,7-8,15-16H. The minimum Gasteiger partial charge on any atom is -0.383 e. The second kappa shape index (κ2) is 4.47. The van der Waals surface area contributed by atoms with E-state index < -0.39 is 29.6 Å². The summed E-state index contributed by atoms with van der Waals surface area (Å²) in [5.74, 6) is 0. The molecule has 0 saturated heterocycles. The van der Waals surface area contributed by atoms with Crippen LogP contribution in [-0.2, 0) is 6.18 Å². The van der Waals surface area contributed by atoms with Crippen LogP contribution in [-0.4, -0.2) is 21.3 Å². The number of alkyl halides is 3. The number of hydrogen-bond donors (Lipinski definition) is 2. The third-order valence-corrected chi connectivity index (χ3v) is 1.84. The first-order valence-corrected chi connectivity index (χ1v) is 4.15. The molecular weight excluding hydrogens is 225 g/mol. The molecule has 0 bridgehead atoms. The van der Waals surface area contributed by atoms with E-state index >= 15 is 0 Å². The van der Waals surface area contributed by atoms with Crippen LogP contribution in [0.4, 0.5) is 13.2 Å². The zero-order valence-electron chi connectivity index (χ0n) is 7.81. The van der Waals surface area contributed by atoms with Gasteiger partial charge in [-0.25, -0.2) is 0 Å². The first kappa shape index (κ1) is 12.4. The zero-order chi connectivity index (χ0) is 12.3. The van der Waals surface area contributed by atoms with Crippen LogP contribution in [0.1, 0.15) is 17.4 Å². The minimum atomic E-state index is -4.56. The summed E-state index contributed by atoms with van der Waals surface area (Å²) in [5.41, 5.74) is -1.40. The second-order valence-corrected chi connectivity index (χ2v) is 2.99. The molecule has 2 atom stereocenters. The third kappa shape index (κ3) is 2.68. The number of halogens is 3. The summed E-state index contributed by atoms with van der Waals surface area (Å²) in [5, 5.41) is 26.5. The molecule has 1 aromatic heterocycles. The number of aliphatic hydroxyl groups excluding tert-OH is 2. The van der Waals surface area contributed by atoms with Gasteiger partial charge in [-0.05, 0) is 12.1 Å². The van der Waals surface area contributed by atoms with E-state index in [0.29, 0.717) is 6.07 Å². The summed E-state index contributed by atoms with van der Waals surface area (Å²) in [4.78, 5) is 3.46. The van der Waals surface area contributed by atoms with E-state index in [9.17, 15) is 18.3 Å². The normalized spacial score (nSPS) is 15.2. The lowest BCUT2D eigenvalue weighted by Gasteiger charge is -2.13. The molecule has 2 unspecified atom stereocenters. The van der Waals surface area contributed by atoms with Gasteiger partial charge in [-0.3, -0.25) is 4.98 Å². The fourth-order valence-electron chi connectivity index (χ4n) is 1.02. The molecule has 0 amide bonds. The Hall–Kier alpha value is -1.65. The number of nitriles is 1. The van der Waals surface area contributed by atoms with Crippen LogP contribution in [0, 0.1) is 11.3 Å². The molecule has 0 aliphatic rings. The molecule has 7 heteroatoms. The highest BCUT2D eigenvalue weighted by molar-refractivity contribution is 5.22. The molecule has 0 aliphatic heterocycles. The van der Waals surface area contributed by atoms with E-state index in [1.54, 1.807) is 0 Å². The summed E-state index contributed by atoms with van der Waals surface area (Å²) in [6.07, 6.45) is -7.27. The fraction of sp³-hybridized carbons (Fsp3) is 0.333. The summed E-state index contributed by atoms with van der Waals surface area (Å²) in [7, 11) is 0. The van der Waals surface area contributed by atoms with Crippen LogP contribution >= 0.6 is 0 Å². The van der Waals surface area contributed by atoms with Gasteiger partial charge in [0.2, 0.25) is 0 Å². The molecule has 0 saturated carbocycles. The van der Waals surface area contributed by atoms with Crippen molar-refractivity contribution in [3.05, 3.63) is 29.6 Å². The number of aliphatic hydroxyl groups is 2. The van der Waals surface area contributed by atoms with Crippen LogP contribution < -0.4 is 0 Å². The largest absolute Gasteiger partial charge is 0.416 e. The quantitative estimate of drug-likeness (QED) is 0.746. The number of rotatable bonds is 2. The lowest BCUT2D eigenvalue weighted by Crippen LogP contribution is -2.18. The molecule has 1 aromatic rings. The number of nitrogens with zero attached hydrogens (tertiary/aromatic N) is 2. The van der Waals surface area contributed by atoms with E-state index in [0.717, 1.165) is 12.3 Å². The maximum Gasteiger partial charge on any atom is 0.416 e. The predicted octanol–water partition coefficient (Wildman–Crippen LogP) is 1.02. The van der Waals surface area contributed by atoms with Crippen molar-refractivity contribution in [3.8, 4) is 6.07 Å². The van der Waals surface area contributed by atoms with Crippen molar-refractivity contribution in [2.75, 3.05) is 0 Å². The van der Waals surface area contributed by atoms with Crippen LogP contribution in [0.2, 0.25) is 0 Å². The van der Waals surface area contributed by atoms with Gasteiger partial charge in [0.05, 0.1) is 17.3 Å². The topological polar surface area (TPSA) is 77.1 Å². The van der Waals surface area contributed by atoms with Crippen molar-refractivity contribution in [2.45, 2.75) is 18.4 Å². The molecule has 4 nitrogen and oxygen atoms in total. The molecule has 1 heterocycles. The number of pyridine rings is 1. The van der Waals surface area contributed by atoms with Crippen LogP contribution in [0.5, 0.6) is 0 Å². The summed E-state index contributed by atoms with van der Waals surface area (Å²) >= 11 is 0. The van der Waals surface area contributed by atoms with Crippen LogP contribution in [0.3, 0.4) is 0 Å². The van der Waals surface area contributed by atoms with Gasteiger partial charge < -0.3 is 10.2 Å². The molecule has 1 rings (SSSR count). The summed E-state index contributed by atoms with van der Waals surface area (Å²) in [6, 6.07) is 2.63. The van der Waals surface area contributed by atoms with E-state index in [1.165, 1.54) is 6.07 Å².